The van der Waals surface area contributed by atoms with Crippen LogP contribution in [0.4, 0.5) is 5.88 Å². The lowest BCUT2D eigenvalue weighted by Crippen LogP contribution is -2.13. The zero-order valence-corrected chi connectivity index (χ0v) is 14.9. The molecule has 0 radical (unpaired) electrons. The van der Waals surface area contributed by atoms with Gasteiger partial charge in [-0.1, -0.05) is 44.2 Å². The summed E-state index contributed by atoms with van der Waals surface area (Å²) in [6.45, 7) is 5.92. The number of amides is 1. The molecule has 2 heterocycles. The van der Waals surface area contributed by atoms with Crippen molar-refractivity contribution in [3.8, 4) is 22.8 Å². The zero-order chi connectivity index (χ0) is 18.0. The Bertz CT molecular complexity index is 878. The van der Waals surface area contributed by atoms with E-state index in [9.17, 15) is 4.79 Å². The molecule has 0 atom stereocenters. The van der Waals surface area contributed by atoms with Crippen molar-refractivity contribution in [3.05, 3.63) is 42.1 Å². The first-order valence-electron chi connectivity index (χ1n) is 8.31. The van der Waals surface area contributed by atoms with Gasteiger partial charge in [-0.2, -0.15) is 5.10 Å². The highest BCUT2D eigenvalue weighted by Gasteiger charge is 2.20. The van der Waals surface area contributed by atoms with Crippen molar-refractivity contribution in [1.29, 1.82) is 0 Å². The van der Waals surface area contributed by atoms with Crippen LogP contribution in [0.5, 0.6) is 0 Å². The summed E-state index contributed by atoms with van der Waals surface area (Å²) in [6.07, 6.45) is 0.426. The molecule has 6 nitrogen and oxygen atoms in total. The van der Waals surface area contributed by atoms with Gasteiger partial charge < -0.3 is 4.42 Å². The van der Waals surface area contributed by atoms with Gasteiger partial charge in [0.2, 0.25) is 17.7 Å². The number of carbonyl (C=O) groups excluding carboxylic acids is 1. The van der Waals surface area contributed by atoms with Crippen LogP contribution in [0.25, 0.3) is 22.8 Å². The summed E-state index contributed by atoms with van der Waals surface area (Å²) in [5.41, 5.74) is 3.14. The highest BCUT2D eigenvalue weighted by atomic mass is 16.4. The average Bonchev–Trinajstić information content (AvgIpc) is 3.10. The molecule has 25 heavy (non-hydrogen) atoms. The second-order valence-electron chi connectivity index (χ2n) is 6.50. The third kappa shape index (κ3) is 3.79. The first-order chi connectivity index (χ1) is 11.9. The van der Waals surface area contributed by atoms with Crippen LogP contribution in [0.15, 0.2) is 40.8 Å². The molecule has 0 aliphatic carbocycles. The number of nitrogens with zero attached hydrogens (tertiary/aromatic N) is 3. The molecule has 1 N–H and O–H groups in total. The Hall–Kier alpha value is -2.89. The number of benzene rings is 1. The summed E-state index contributed by atoms with van der Waals surface area (Å²) in [4.78, 5) is 16.8. The molecule has 2 aromatic heterocycles. The van der Waals surface area contributed by atoms with Crippen molar-refractivity contribution < 1.29 is 9.21 Å². The molecule has 0 aliphatic heterocycles. The molecule has 1 aromatic carbocycles. The second kappa shape index (κ2) is 6.93. The van der Waals surface area contributed by atoms with Gasteiger partial charge in [-0.05, 0) is 18.9 Å². The number of rotatable bonds is 5. The third-order valence-corrected chi connectivity index (χ3v) is 3.74. The van der Waals surface area contributed by atoms with Gasteiger partial charge in [-0.25, -0.2) is 4.98 Å². The lowest BCUT2D eigenvalue weighted by molar-refractivity contribution is -0.116. The van der Waals surface area contributed by atoms with Gasteiger partial charge >= 0.3 is 0 Å². The lowest BCUT2D eigenvalue weighted by atomic mass is 10.1. The Morgan fingerprint density at radius 3 is 2.60 bits per heavy atom. The molecule has 0 fully saturated rings. The van der Waals surface area contributed by atoms with Gasteiger partial charge in [0.1, 0.15) is 11.4 Å². The van der Waals surface area contributed by atoms with Crippen LogP contribution in [0.3, 0.4) is 0 Å². The van der Waals surface area contributed by atoms with Crippen molar-refractivity contribution in [1.82, 2.24) is 14.8 Å². The van der Waals surface area contributed by atoms with Gasteiger partial charge in [0.15, 0.2) is 0 Å². The Morgan fingerprint density at radius 2 is 2.00 bits per heavy atom. The molecule has 3 aromatic rings. The smallest absolute Gasteiger partial charge is 0.247 e. The van der Waals surface area contributed by atoms with E-state index in [0.717, 1.165) is 17.0 Å². The molecule has 130 valence electrons. The maximum absolute atomic E-state index is 12.2. The monoisotopic (exact) mass is 338 g/mol. The predicted octanol–water partition coefficient (Wildman–Crippen LogP) is 4.04. The fourth-order valence-electron chi connectivity index (χ4n) is 2.67. The first-order valence-corrected chi connectivity index (χ1v) is 8.31. The quantitative estimate of drug-likeness (QED) is 0.762. The van der Waals surface area contributed by atoms with Crippen molar-refractivity contribution in [3.63, 3.8) is 0 Å². The number of oxazole rings is 1. The minimum Gasteiger partial charge on any atom is -0.418 e. The fourth-order valence-corrected chi connectivity index (χ4v) is 2.67. The Labute approximate surface area is 146 Å². The number of aromatic nitrogens is 3. The van der Waals surface area contributed by atoms with E-state index in [1.165, 1.54) is 0 Å². The van der Waals surface area contributed by atoms with E-state index < -0.39 is 0 Å². The summed E-state index contributed by atoms with van der Waals surface area (Å²) < 4.78 is 7.62. The molecule has 0 spiro atoms. The summed E-state index contributed by atoms with van der Waals surface area (Å²) in [5, 5.41) is 7.19. The molecule has 6 heteroatoms. The topological polar surface area (TPSA) is 73.0 Å². The number of carbonyl (C=O) groups is 1. The van der Waals surface area contributed by atoms with E-state index in [4.69, 9.17) is 4.42 Å². The molecule has 0 unspecified atom stereocenters. The van der Waals surface area contributed by atoms with Gasteiger partial charge in [-0.15, -0.1) is 0 Å². The van der Waals surface area contributed by atoms with Gasteiger partial charge in [-0.3, -0.25) is 14.8 Å². The highest BCUT2D eigenvalue weighted by molar-refractivity contribution is 5.93. The molecule has 0 saturated carbocycles. The van der Waals surface area contributed by atoms with Crippen LogP contribution in [-0.2, 0) is 11.8 Å². The number of anilines is 1. The third-order valence-electron chi connectivity index (χ3n) is 3.74. The average molecular weight is 338 g/mol. The highest BCUT2D eigenvalue weighted by Crippen LogP contribution is 2.33. The summed E-state index contributed by atoms with van der Waals surface area (Å²) in [5.74, 6) is 0.978. The number of hydrogen-bond donors (Lipinski definition) is 1. The summed E-state index contributed by atoms with van der Waals surface area (Å²) >= 11 is 0. The first kappa shape index (κ1) is 17.0. The second-order valence-corrected chi connectivity index (χ2v) is 6.50. The van der Waals surface area contributed by atoms with E-state index in [-0.39, 0.29) is 11.8 Å². The Morgan fingerprint density at radius 1 is 1.28 bits per heavy atom. The van der Waals surface area contributed by atoms with Crippen LogP contribution in [0.1, 0.15) is 26.0 Å². The van der Waals surface area contributed by atoms with Crippen molar-refractivity contribution in [2.75, 3.05) is 5.32 Å². The predicted molar refractivity (Wildman–Crippen MR) is 97.0 cm³/mol. The maximum atomic E-state index is 12.2. The summed E-state index contributed by atoms with van der Waals surface area (Å²) in [6, 6.07) is 11.6. The number of nitrogens with one attached hydrogen (secondary N) is 1. The summed E-state index contributed by atoms with van der Waals surface area (Å²) in [7, 11) is 1.84. The Kier molecular flexibility index (Phi) is 4.70. The van der Waals surface area contributed by atoms with Gasteiger partial charge in [0.25, 0.3) is 0 Å². The van der Waals surface area contributed by atoms with Crippen LogP contribution in [0.2, 0.25) is 0 Å². The Balaban J connectivity index is 2.02. The maximum Gasteiger partial charge on any atom is 0.247 e. The van der Waals surface area contributed by atoms with Crippen molar-refractivity contribution in [2.24, 2.45) is 13.0 Å². The molecule has 0 bridgehead atoms. The molecular formula is C19H22N4O2. The normalized spacial score (nSPS) is 11.1. The van der Waals surface area contributed by atoms with Crippen molar-refractivity contribution >= 4 is 11.8 Å². The van der Waals surface area contributed by atoms with Crippen LogP contribution in [-0.4, -0.2) is 20.7 Å². The molecule has 1 amide bonds. The minimum atomic E-state index is -0.0870. The van der Waals surface area contributed by atoms with E-state index in [1.807, 2.05) is 64.2 Å². The molecular weight excluding hydrogens is 316 g/mol. The van der Waals surface area contributed by atoms with Crippen LogP contribution >= 0.6 is 0 Å². The molecule has 0 saturated heterocycles. The number of hydrogen-bond acceptors (Lipinski definition) is 4. The number of aryl methyl sites for hydroxylation is 2. The fraction of sp³-hybridized carbons (Fsp3) is 0.316. The largest absolute Gasteiger partial charge is 0.418 e. The SMILES string of the molecule is Cc1cc(-c2nc(-c3ccccc3)c(NC(=O)CC(C)C)o2)n(C)n1. The standard InChI is InChI=1S/C19H22N4O2/c1-12(2)10-16(24)20-19-17(14-8-6-5-7-9-14)21-18(25-19)15-11-13(3)22-23(15)4/h5-9,11-12H,10H2,1-4H3,(H,20,24). The molecule has 3 rings (SSSR count). The van der Waals surface area contributed by atoms with Crippen LogP contribution < -0.4 is 5.32 Å². The van der Waals surface area contributed by atoms with Crippen LogP contribution in [0, 0.1) is 12.8 Å². The van der Waals surface area contributed by atoms with E-state index >= 15 is 0 Å². The van der Waals surface area contributed by atoms with Gasteiger partial charge in [0, 0.05) is 19.0 Å². The van der Waals surface area contributed by atoms with E-state index in [1.54, 1.807) is 4.68 Å². The molecule has 0 aliphatic rings. The minimum absolute atomic E-state index is 0.0870. The zero-order valence-electron chi connectivity index (χ0n) is 14.9. The van der Waals surface area contributed by atoms with Gasteiger partial charge in [0.05, 0.1) is 5.69 Å². The lowest BCUT2D eigenvalue weighted by Gasteiger charge is -2.06. The van der Waals surface area contributed by atoms with Crippen molar-refractivity contribution in [2.45, 2.75) is 27.2 Å². The van der Waals surface area contributed by atoms with E-state index in [2.05, 4.69) is 15.4 Å². The van der Waals surface area contributed by atoms with E-state index in [0.29, 0.717) is 23.9 Å².